The van der Waals surface area contributed by atoms with Gasteiger partial charge in [-0.2, -0.15) is 0 Å². The summed E-state index contributed by atoms with van der Waals surface area (Å²) in [7, 11) is 0. The summed E-state index contributed by atoms with van der Waals surface area (Å²) in [5.41, 5.74) is 0.753. The highest BCUT2D eigenvalue weighted by Crippen LogP contribution is 1.95. The molecule has 0 radical (unpaired) electrons. The standard InChI is InChI=1S/C13H15N5O3/c19-12(20)11-8-18(9-17-11)6-5-15-13(21)16-7-10-3-1-2-4-14-10/h1-4,8-9H,5-7H2,(H,19,20)(H2,15,16,21). The molecule has 0 aromatic carbocycles. The maximum absolute atomic E-state index is 11.6. The molecule has 0 fully saturated rings. The fourth-order valence-electron chi connectivity index (χ4n) is 1.63. The number of hydrogen-bond acceptors (Lipinski definition) is 4. The molecule has 8 nitrogen and oxygen atoms in total. The molecule has 0 saturated carbocycles. The van der Waals surface area contributed by atoms with Crippen molar-refractivity contribution in [3.63, 3.8) is 0 Å². The average Bonchev–Trinajstić information content (AvgIpc) is 2.95. The number of rotatable bonds is 6. The second-order valence-electron chi connectivity index (χ2n) is 4.23. The lowest BCUT2D eigenvalue weighted by Gasteiger charge is -2.07. The van der Waals surface area contributed by atoms with Crippen LogP contribution in [0.4, 0.5) is 4.79 Å². The van der Waals surface area contributed by atoms with Gasteiger partial charge in [-0.3, -0.25) is 4.98 Å². The molecular weight excluding hydrogens is 274 g/mol. The van der Waals surface area contributed by atoms with Crippen LogP contribution in [0.25, 0.3) is 0 Å². The van der Waals surface area contributed by atoms with Crippen LogP contribution in [0.3, 0.4) is 0 Å². The Kier molecular flexibility index (Phi) is 4.86. The van der Waals surface area contributed by atoms with E-state index in [1.165, 1.54) is 12.5 Å². The summed E-state index contributed by atoms with van der Waals surface area (Å²) in [6, 6.07) is 5.17. The van der Waals surface area contributed by atoms with E-state index in [1.54, 1.807) is 16.8 Å². The molecule has 0 aliphatic rings. The van der Waals surface area contributed by atoms with E-state index in [-0.39, 0.29) is 11.7 Å². The first-order chi connectivity index (χ1) is 10.1. The van der Waals surface area contributed by atoms with E-state index in [9.17, 15) is 9.59 Å². The molecule has 110 valence electrons. The van der Waals surface area contributed by atoms with Gasteiger partial charge < -0.3 is 20.3 Å². The number of hydrogen-bond donors (Lipinski definition) is 3. The van der Waals surface area contributed by atoms with Gasteiger partial charge in [0.15, 0.2) is 5.69 Å². The van der Waals surface area contributed by atoms with E-state index in [0.717, 1.165) is 5.69 Å². The second kappa shape index (κ2) is 7.04. The van der Waals surface area contributed by atoms with E-state index in [0.29, 0.717) is 19.6 Å². The molecule has 0 unspecified atom stereocenters. The lowest BCUT2D eigenvalue weighted by atomic mass is 10.3. The number of aromatic carboxylic acids is 1. The summed E-state index contributed by atoms with van der Waals surface area (Å²) >= 11 is 0. The van der Waals surface area contributed by atoms with Gasteiger partial charge in [-0.05, 0) is 12.1 Å². The van der Waals surface area contributed by atoms with Gasteiger partial charge in [0.05, 0.1) is 18.6 Å². The monoisotopic (exact) mass is 289 g/mol. The van der Waals surface area contributed by atoms with Crippen LogP contribution in [0.2, 0.25) is 0 Å². The van der Waals surface area contributed by atoms with E-state index >= 15 is 0 Å². The number of pyridine rings is 1. The summed E-state index contributed by atoms with van der Waals surface area (Å²) in [6.07, 6.45) is 4.49. The van der Waals surface area contributed by atoms with Crippen LogP contribution in [0, 0.1) is 0 Å². The molecule has 8 heteroatoms. The number of urea groups is 1. The second-order valence-corrected chi connectivity index (χ2v) is 4.23. The molecule has 21 heavy (non-hydrogen) atoms. The van der Waals surface area contributed by atoms with E-state index in [4.69, 9.17) is 5.11 Å². The zero-order valence-corrected chi connectivity index (χ0v) is 11.2. The fraction of sp³-hybridized carbons (Fsp3) is 0.231. The molecule has 0 saturated heterocycles. The number of nitrogens with zero attached hydrogens (tertiary/aromatic N) is 3. The van der Waals surface area contributed by atoms with Crippen LogP contribution >= 0.6 is 0 Å². The van der Waals surface area contributed by atoms with Gasteiger partial charge >= 0.3 is 12.0 Å². The Labute approximate surface area is 120 Å². The highest BCUT2D eigenvalue weighted by Gasteiger charge is 2.06. The molecule has 2 heterocycles. The largest absolute Gasteiger partial charge is 0.476 e. The van der Waals surface area contributed by atoms with E-state index in [2.05, 4.69) is 20.6 Å². The molecule has 0 aliphatic heterocycles. The predicted molar refractivity (Wildman–Crippen MR) is 73.7 cm³/mol. The number of imidazole rings is 1. The Morgan fingerprint density at radius 1 is 1.24 bits per heavy atom. The lowest BCUT2D eigenvalue weighted by molar-refractivity contribution is 0.0691. The maximum atomic E-state index is 11.6. The molecule has 0 bridgehead atoms. The molecule has 0 spiro atoms. The summed E-state index contributed by atoms with van der Waals surface area (Å²) < 4.78 is 1.60. The van der Waals surface area contributed by atoms with Gasteiger partial charge in [-0.15, -0.1) is 0 Å². The Balaban J connectivity index is 1.68. The Hall–Kier alpha value is -2.90. The third-order valence-corrected chi connectivity index (χ3v) is 2.66. The normalized spacial score (nSPS) is 10.1. The van der Waals surface area contributed by atoms with Gasteiger partial charge in [0.1, 0.15) is 0 Å². The fourth-order valence-corrected chi connectivity index (χ4v) is 1.63. The molecule has 0 aliphatic carbocycles. The lowest BCUT2D eigenvalue weighted by Crippen LogP contribution is -2.36. The average molecular weight is 289 g/mol. The SMILES string of the molecule is O=C(NCCn1cnc(C(=O)O)c1)NCc1ccccn1. The Bertz CT molecular complexity index is 611. The highest BCUT2D eigenvalue weighted by atomic mass is 16.4. The molecular formula is C13H15N5O3. The van der Waals surface area contributed by atoms with Gasteiger partial charge in [-0.25, -0.2) is 14.6 Å². The number of carbonyl (C=O) groups is 2. The number of amides is 2. The highest BCUT2D eigenvalue weighted by molar-refractivity contribution is 5.84. The van der Waals surface area contributed by atoms with E-state index < -0.39 is 5.97 Å². The summed E-state index contributed by atoms with van der Waals surface area (Å²) in [6.45, 7) is 1.15. The summed E-state index contributed by atoms with van der Waals surface area (Å²) in [4.78, 5) is 30.0. The van der Waals surface area contributed by atoms with Crippen LogP contribution < -0.4 is 10.6 Å². The number of carbonyl (C=O) groups excluding carboxylic acids is 1. The predicted octanol–water partition coefficient (Wildman–Crippen LogP) is 0.476. The molecule has 2 rings (SSSR count). The molecule has 3 N–H and O–H groups in total. The minimum atomic E-state index is -1.07. The maximum Gasteiger partial charge on any atom is 0.356 e. The number of aromatic nitrogens is 3. The Morgan fingerprint density at radius 3 is 2.76 bits per heavy atom. The topological polar surface area (TPSA) is 109 Å². The van der Waals surface area contributed by atoms with Gasteiger partial charge in [0.25, 0.3) is 0 Å². The van der Waals surface area contributed by atoms with Crippen molar-refractivity contribution in [2.24, 2.45) is 0 Å². The van der Waals surface area contributed by atoms with Crippen LogP contribution in [-0.2, 0) is 13.1 Å². The third-order valence-electron chi connectivity index (χ3n) is 2.66. The van der Waals surface area contributed by atoms with Crippen molar-refractivity contribution >= 4 is 12.0 Å². The number of carboxylic acid groups (broad SMARTS) is 1. The van der Waals surface area contributed by atoms with Gasteiger partial charge in [0.2, 0.25) is 0 Å². The van der Waals surface area contributed by atoms with Gasteiger partial charge in [0, 0.05) is 25.5 Å². The molecule has 2 aromatic heterocycles. The zero-order chi connectivity index (χ0) is 15.1. The van der Waals surface area contributed by atoms with Crippen molar-refractivity contribution in [3.8, 4) is 0 Å². The zero-order valence-electron chi connectivity index (χ0n) is 11.2. The van der Waals surface area contributed by atoms with Crippen molar-refractivity contribution in [1.82, 2.24) is 25.2 Å². The van der Waals surface area contributed by atoms with E-state index in [1.807, 2.05) is 12.1 Å². The van der Waals surface area contributed by atoms with Gasteiger partial charge in [-0.1, -0.05) is 6.07 Å². The first-order valence-corrected chi connectivity index (χ1v) is 6.32. The van der Waals surface area contributed by atoms with Crippen molar-refractivity contribution in [2.75, 3.05) is 6.54 Å². The van der Waals surface area contributed by atoms with Crippen LogP contribution in [0.1, 0.15) is 16.2 Å². The minimum Gasteiger partial charge on any atom is -0.476 e. The smallest absolute Gasteiger partial charge is 0.356 e. The van der Waals surface area contributed by atoms with Crippen molar-refractivity contribution in [1.29, 1.82) is 0 Å². The van der Waals surface area contributed by atoms with Crippen molar-refractivity contribution < 1.29 is 14.7 Å². The summed E-state index contributed by atoms with van der Waals surface area (Å²) in [5, 5.41) is 14.1. The first kappa shape index (κ1) is 14.5. The number of nitrogens with one attached hydrogen (secondary N) is 2. The summed E-state index contributed by atoms with van der Waals surface area (Å²) in [5.74, 6) is -1.07. The minimum absolute atomic E-state index is 0.0189. The molecule has 2 amide bonds. The number of carboxylic acids is 1. The Morgan fingerprint density at radius 2 is 2.10 bits per heavy atom. The first-order valence-electron chi connectivity index (χ1n) is 6.32. The quantitative estimate of drug-likeness (QED) is 0.716. The molecule has 2 aromatic rings. The van der Waals surface area contributed by atoms with Crippen LogP contribution in [0.15, 0.2) is 36.9 Å². The van der Waals surface area contributed by atoms with Crippen LogP contribution in [-0.4, -0.2) is 38.2 Å². The van der Waals surface area contributed by atoms with Crippen molar-refractivity contribution in [3.05, 3.63) is 48.3 Å². The molecule has 0 atom stereocenters. The third kappa shape index (κ3) is 4.60. The van der Waals surface area contributed by atoms with Crippen LogP contribution in [0.5, 0.6) is 0 Å². The van der Waals surface area contributed by atoms with Crippen molar-refractivity contribution in [2.45, 2.75) is 13.1 Å².